The van der Waals surface area contributed by atoms with Crippen molar-refractivity contribution in [2.45, 2.75) is 6.92 Å². The molecule has 0 saturated carbocycles. The maximum atomic E-state index is 10.4. The summed E-state index contributed by atoms with van der Waals surface area (Å²) in [5.41, 5.74) is 6.49. The first-order valence-electron chi connectivity index (χ1n) is 3.22. The highest BCUT2D eigenvalue weighted by Gasteiger charge is 2.13. The van der Waals surface area contributed by atoms with Gasteiger partial charge in [-0.2, -0.15) is 0 Å². The summed E-state index contributed by atoms with van der Waals surface area (Å²) >= 11 is 2.02. The third-order valence-corrected chi connectivity index (χ3v) is 2.15. The number of nitrogen functional groups attached to an aromatic ring is 1. The summed E-state index contributed by atoms with van der Waals surface area (Å²) in [6, 6.07) is 3.27. The highest BCUT2D eigenvalue weighted by atomic mass is 127. The van der Waals surface area contributed by atoms with Crippen LogP contribution in [0, 0.1) is 20.6 Å². The standard InChI is InChI=1S/C7H7IN2O2/c1-4-2-5(8)3-6(7(4)9)10(11)12/h2-3H,9H2,1H3. The van der Waals surface area contributed by atoms with Crippen LogP contribution in [0.2, 0.25) is 0 Å². The average molecular weight is 278 g/mol. The first-order valence-corrected chi connectivity index (χ1v) is 4.30. The summed E-state index contributed by atoms with van der Waals surface area (Å²) in [6.07, 6.45) is 0. The monoisotopic (exact) mass is 278 g/mol. The quantitative estimate of drug-likeness (QED) is 0.370. The van der Waals surface area contributed by atoms with Crippen molar-refractivity contribution in [3.05, 3.63) is 31.4 Å². The second-order valence-electron chi connectivity index (χ2n) is 2.41. The predicted molar refractivity (Wildman–Crippen MR) is 55.0 cm³/mol. The number of anilines is 1. The number of hydrogen-bond acceptors (Lipinski definition) is 3. The van der Waals surface area contributed by atoms with Crippen LogP contribution >= 0.6 is 22.6 Å². The number of nitrogens with two attached hydrogens (primary N) is 1. The van der Waals surface area contributed by atoms with Crippen LogP contribution in [0.15, 0.2) is 12.1 Å². The minimum atomic E-state index is -0.468. The number of benzene rings is 1. The van der Waals surface area contributed by atoms with E-state index in [1.807, 2.05) is 28.7 Å². The van der Waals surface area contributed by atoms with Gasteiger partial charge in [0.05, 0.1) is 4.92 Å². The van der Waals surface area contributed by atoms with Gasteiger partial charge in [0.15, 0.2) is 0 Å². The van der Waals surface area contributed by atoms with E-state index >= 15 is 0 Å². The fourth-order valence-electron chi connectivity index (χ4n) is 0.888. The molecule has 0 amide bonds. The summed E-state index contributed by atoms with van der Waals surface area (Å²) in [5.74, 6) is 0. The van der Waals surface area contributed by atoms with Gasteiger partial charge in [0.1, 0.15) is 5.69 Å². The molecule has 1 rings (SSSR count). The molecule has 0 fully saturated rings. The molecule has 64 valence electrons. The van der Waals surface area contributed by atoms with E-state index in [-0.39, 0.29) is 11.4 Å². The van der Waals surface area contributed by atoms with E-state index in [0.717, 1.165) is 9.13 Å². The lowest BCUT2D eigenvalue weighted by Crippen LogP contribution is -1.98. The molecule has 0 atom stereocenters. The van der Waals surface area contributed by atoms with Gasteiger partial charge in [-0.1, -0.05) is 0 Å². The summed E-state index contributed by atoms with van der Waals surface area (Å²) in [4.78, 5) is 9.98. The Hall–Kier alpha value is -0.850. The number of halogens is 1. The van der Waals surface area contributed by atoms with Crippen molar-refractivity contribution in [2.75, 3.05) is 5.73 Å². The molecular formula is C7H7IN2O2. The first-order chi connectivity index (χ1) is 5.52. The highest BCUT2D eigenvalue weighted by molar-refractivity contribution is 14.1. The summed E-state index contributed by atoms with van der Waals surface area (Å²) in [5, 5.41) is 10.4. The van der Waals surface area contributed by atoms with E-state index in [1.54, 1.807) is 6.92 Å². The van der Waals surface area contributed by atoms with Crippen molar-refractivity contribution in [1.29, 1.82) is 0 Å². The molecule has 0 radical (unpaired) electrons. The second-order valence-corrected chi connectivity index (χ2v) is 3.66. The van der Waals surface area contributed by atoms with Gasteiger partial charge in [-0.3, -0.25) is 10.1 Å². The van der Waals surface area contributed by atoms with Crippen molar-refractivity contribution in [2.24, 2.45) is 0 Å². The Labute approximate surface area is 83.1 Å². The molecule has 4 nitrogen and oxygen atoms in total. The second kappa shape index (κ2) is 3.26. The smallest absolute Gasteiger partial charge is 0.293 e. The molecule has 1 aromatic rings. The number of nitro groups is 1. The number of nitrogens with zero attached hydrogens (tertiary/aromatic N) is 1. The fourth-order valence-corrected chi connectivity index (χ4v) is 1.65. The lowest BCUT2D eigenvalue weighted by molar-refractivity contribution is -0.384. The Balaban J connectivity index is 3.37. The van der Waals surface area contributed by atoms with Crippen molar-refractivity contribution in [1.82, 2.24) is 0 Å². The molecule has 12 heavy (non-hydrogen) atoms. The van der Waals surface area contributed by atoms with Crippen LogP contribution < -0.4 is 5.73 Å². The first kappa shape index (κ1) is 9.24. The lowest BCUT2D eigenvalue weighted by atomic mass is 10.2. The van der Waals surface area contributed by atoms with Crippen LogP contribution in [-0.2, 0) is 0 Å². The molecular weight excluding hydrogens is 271 g/mol. The SMILES string of the molecule is Cc1cc(I)cc([N+](=O)[O-])c1N. The molecule has 0 bridgehead atoms. The van der Waals surface area contributed by atoms with Crippen molar-refractivity contribution in [3.63, 3.8) is 0 Å². The zero-order valence-corrected chi connectivity index (χ0v) is 8.53. The van der Waals surface area contributed by atoms with Crippen molar-refractivity contribution < 1.29 is 4.92 Å². The molecule has 0 aromatic heterocycles. The van der Waals surface area contributed by atoms with Crippen LogP contribution in [-0.4, -0.2) is 4.92 Å². The van der Waals surface area contributed by atoms with Gasteiger partial charge in [0.25, 0.3) is 5.69 Å². The zero-order valence-electron chi connectivity index (χ0n) is 6.37. The summed E-state index contributed by atoms with van der Waals surface area (Å²) < 4.78 is 0.825. The van der Waals surface area contributed by atoms with E-state index < -0.39 is 4.92 Å². The summed E-state index contributed by atoms with van der Waals surface area (Å²) in [7, 11) is 0. The van der Waals surface area contributed by atoms with E-state index in [1.165, 1.54) is 6.07 Å². The van der Waals surface area contributed by atoms with Crippen molar-refractivity contribution >= 4 is 34.0 Å². The van der Waals surface area contributed by atoms with Crippen LogP contribution in [0.5, 0.6) is 0 Å². The molecule has 1 aromatic carbocycles. The number of rotatable bonds is 1. The predicted octanol–water partition coefficient (Wildman–Crippen LogP) is 2.09. The van der Waals surface area contributed by atoms with Crippen LogP contribution in [0.1, 0.15) is 5.56 Å². The topological polar surface area (TPSA) is 69.2 Å². The van der Waals surface area contributed by atoms with Gasteiger partial charge in [-0.25, -0.2) is 0 Å². The van der Waals surface area contributed by atoms with Gasteiger partial charge in [0.2, 0.25) is 0 Å². The molecule has 2 N–H and O–H groups in total. The zero-order chi connectivity index (χ0) is 9.30. The Morgan fingerprint density at radius 3 is 2.67 bits per heavy atom. The maximum Gasteiger partial charge on any atom is 0.293 e. The number of aryl methyl sites for hydroxylation is 1. The molecule has 5 heteroatoms. The lowest BCUT2D eigenvalue weighted by Gasteiger charge is -2.01. The molecule has 0 unspecified atom stereocenters. The van der Waals surface area contributed by atoms with E-state index in [2.05, 4.69) is 0 Å². The van der Waals surface area contributed by atoms with Gasteiger partial charge >= 0.3 is 0 Å². The Kier molecular flexibility index (Phi) is 2.51. The normalized spacial score (nSPS) is 9.83. The summed E-state index contributed by atoms with van der Waals surface area (Å²) in [6.45, 7) is 1.75. The average Bonchev–Trinajstić information content (AvgIpc) is 1.96. The highest BCUT2D eigenvalue weighted by Crippen LogP contribution is 2.26. The van der Waals surface area contributed by atoms with E-state index in [4.69, 9.17) is 5.73 Å². The van der Waals surface area contributed by atoms with E-state index in [0.29, 0.717) is 0 Å². The molecule has 0 heterocycles. The fraction of sp³-hybridized carbons (Fsp3) is 0.143. The Morgan fingerprint density at radius 1 is 1.58 bits per heavy atom. The molecule has 0 saturated heterocycles. The van der Waals surface area contributed by atoms with Crippen LogP contribution in [0.3, 0.4) is 0 Å². The minimum absolute atomic E-state index is 0.0144. The van der Waals surface area contributed by atoms with Gasteiger partial charge in [-0.15, -0.1) is 0 Å². The third-order valence-electron chi connectivity index (χ3n) is 1.53. The Bertz CT molecular complexity index is 338. The van der Waals surface area contributed by atoms with E-state index in [9.17, 15) is 10.1 Å². The number of hydrogen-bond donors (Lipinski definition) is 1. The van der Waals surface area contributed by atoms with Crippen LogP contribution in [0.4, 0.5) is 11.4 Å². The largest absolute Gasteiger partial charge is 0.393 e. The van der Waals surface area contributed by atoms with Gasteiger partial charge < -0.3 is 5.73 Å². The van der Waals surface area contributed by atoms with Crippen molar-refractivity contribution in [3.8, 4) is 0 Å². The van der Waals surface area contributed by atoms with Gasteiger partial charge in [-0.05, 0) is 41.1 Å². The van der Waals surface area contributed by atoms with Crippen LogP contribution in [0.25, 0.3) is 0 Å². The molecule has 0 spiro atoms. The third kappa shape index (κ3) is 1.66. The minimum Gasteiger partial charge on any atom is -0.393 e. The van der Waals surface area contributed by atoms with Gasteiger partial charge in [0, 0.05) is 9.64 Å². The molecule has 0 aliphatic rings. The Morgan fingerprint density at radius 2 is 2.17 bits per heavy atom. The number of nitro benzene ring substituents is 1. The maximum absolute atomic E-state index is 10.4. The molecule has 0 aliphatic carbocycles. The molecule has 0 aliphatic heterocycles.